The lowest BCUT2D eigenvalue weighted by atomic mass is 10.0. The predicted molar refractivity (Wildman–Crippen MR) is 96.2 cm³/mol. The van der Waals surface area contributed by atoms with Gasteiger partial charge in [-0.3, -0.25) is 19.7 Å². The van der Waals surface area contributed by atoms with Gasteiger partial charge in [0, 0.05) is 42.1 Å². The number of carbonyl (C=O) groups excluding carboxylic acids is 1. The lowest BCUT2D eigenvalue weighted by Gasteiger charge is -2.32. The average molecular weight is 387 g/mol. The highest BCUT2D eigenvalue weighted by Gasteiger charge is 2.37. The molecule has 2 aliphatic rings. The highest BCUT2D eigenvalue weighted by atomic mass is 19.4. The van der Waals surface area contributed by atoms with E-state index < -0.39 is 11.7 Å². The van der Waals surface area contributed by atoms with Crippen LogP contribution in [0.5, 0.6) is 0 Å². The highest BCUT2D eigenvalue weighted by Crippen LogP contribution is 2.35. The summed E-state index contributed by atoms with van der Waals surface area (Å²) < 4.78 is 38.4. The van der Waals surface area contributed by atoms with Gasteiger partial charge >= 0.3 is 6.18 Å². The van der Waals surface area contributed by atoms with Gasteiger partial charge in [0.15, 0.2) is 0 Å². The first-order valence-corrected chi connectivity index (χ1v) is 8.51. The van der Waals surface area contributed by atoms with Gasteiger partial charge in [0.25, 0.3) is 5.91 Å². The molecule has 1 amide bonds. The number of aromatic nitrogens is 2. The third-order valence-electron chi connectivity index (χ3n) is 4.58. The van der Waals surface area contributed by atoms with Crippen molar-refractivity contribution in [2.75, 3.05) is 11.4 Å². The number of amides is 1. The summed E-state index contributed by atoms with van der Waals surface area (Å²) in [4.78, 5) is 22.5. The van der Waals surface area contributed by atoms with Crippen LogP contribution < -0.4 is 10.3 Å². The number of anilines is 1. The second-order valence-electron chi connectivity index (χ2n) is 6.53. The topological polar surface area (TPSA) is 61.4 Å². The molecule has 2 aromatic rings. The average Bonchev–Trinajstić information content (AvgIpc) is 3.10. The molecular formula is C19H16F3N5O. The third-order valence-corrected chi connectivity index (χ3v) is 4.58. The van der Waals surface area contributed by atoms with Crippen molar-refractivity contribution in [2.45, 2.75) is 20.0 Å². The van der Waals surface area contributed by atoms with Gasteiger partial charge in [-0.15, -0.1) is 0 Å². The van der Waals surface area contributed by atoms with Crippen LogP contribution in [0.4, 0.5) is 19.0 Å². The van der Waals surface area contributed by atoms with Gasteiger partial charge in [-0.2, -0.15) is 13.2 Å². The minimum Gasteiger partial charge on any atom is -0.274 e. The maximum absolute atomic E-state index is 13.2. The highest BCUT2D eigenvalue weighted by molar-refractivity contribution is 6.12. The number of nitrogens with zero attached hydrogens (tertiary/aromatic N) is 4. The van der Waals surface area contributed by atoms with Crippen LogP contribution in [-0.2, 0) is 11.0 Å². The lowest BCUT2D eigenvalue weighted by molar-refractivity contribution is -0.137. The van der Waals surface area contributed by atoms with E-state index in [0.29, 0.717) is 12.2 Å². The van der Waals surface area contributed by atoms with Crippen LogP contribution in [0.2, 0.25) is 0 Å². The van der Waals surface area contributed by atoms with Gasteiger partial charge in [-0.1, -0.05) is 0 Å². The Hall–Kier alpha value is -3.20. The molecule has 2 aromatic heterocycles. The van der Waals surface area contributed by atoms with Gasteiger partial charge in [0.05, 0.1) is 5.56 Å². The molecule has 0 saturated heterocycles. The van der Waals surface area contributed by atoms with E-state index >= 15 is 0 Å². The first-order valence-electron chi connectivity index (χ1n) is 8.51. The zero-order valence-electron chi connectivity index (χ0n) is 15.1. The summed E-state index contributed by atoms with van der Waals surface area (Å²) in [6.07, 6.45) is -0.530. The summed E-state index contributed by atoms with van der Waals surface area (Å²) in [5, 5.41) is 1.69. The summed E-state index contributed by atoms with van der Waals surface area (Å²) in [6.45, 7) is 4.11. The van der Waals surface area contributed by atoms with E-state index in [2.05, 4.69) is 15.4 Å². The molecule has 0 aliphatic carbocycles. The molecule has 2 aliphatic heterocycles. The van der Waals surface area contributed by atoms with Crippen molar-refractivity contribution < 1.29 is 18.0 Å². The third kappa shape index (κ3) is 3.03. The molecule has 0 fully saturated rings. The van der Waals surface area contributed by atoms with Crippen LogP contribution in [0.15, 0.2) is 54.3 Å². The van der Waals surface area contributed by atoms with Gasteiger partial charge in [0.1, 0.15) is 11.5 Å². The minimum absolute atomic E-state index is 0.127. The number of alkyl halides is 3. The monoisotopic (exact) mass is 387 g/mol. The van der Waals surface area contributed by atoms with E-state index in [-0.39, 0.29) is 11.7 Å². The smallest absolute Gasteiger partial charge is 0.274 e. The number of nitrogens with one attached hydrogen (secondary N) is 1. The summed E-state index contributed by atoms with van der Waals surface area (Å²) >= 11 is 0. The molecule has 144 valence electrons. The second-order valence-corrected chi connectivity index (χ2v) is 6.53. The van der Waals surface area contributed by atoms with Crippen molar-refractivity contribution in [1.29, 1.82) is 0 Å². The number of hydrogen-bond acceptors (Lipinski definition) is 5. The Balaban J connectivity index is 1.76. The molecule has 0 unspecified atom stereocenters. The van der Waals surface area contributed by atoms with E-state index in [4.69, 9.17) is 0 Å². The fourth-order valence-corrected chi connectivity index (χ4v) is 3.24. The van der Waals surface area contributed by atoms with E-state index in [0.717, 1.165) is 34.8 Å². The molecule has 6 nitrogen and oxygen atoms in total. The van der Waals surface area contributed by atoms with Crippen molar-refractivity contribution in [3.05, 3.63) is 71.1 Å². The Bertz CT molecular complexity index is 1010. The van der Waals surface area contributed by atoms with Crippen molar-refractivity contribution in [2.24, 2.45) is 0 Å². The SMILES string of the molecule is CC1=CN(c2ccc(C(F)(F)F)cn2)C(=O)C2=C(c3ccnc(C)c3)CNN12. The zero-order chi connectivity index (χ0) is 20.1. The van der Waals surface area contributed by atoms with Crippen LogP contribution in [-0.4, -0.2) is 27.4 Å². The van der Waals surface area contributed by atoms with Crippen molar-refractivity contribution >= 4 is 17.3 Å². The molecule has 28 heavy (non-hydrogen) atoms. The maximum Gasteiger partial charge on any atom is 0.417 e. The van der Waals surface area contributed by atoms with Crippen molar-refractivity contribution in [3.8, 4) is 0 Å². The van der Waals surface area contributed by atoms with E-state index in [1.807, 2.05) is 19.1 Å². The molecule has 0 saturated carbocycles. The molecule has 0 atom stereocenters. The normalized spacial score (nSPS) is 17.2. The Morgan fingerprint density at radius 2 is 1.93 bits per heavy atom. The number of allylic oxidation sites excluding steroid dienone is 1. The fraction of sp³-hybridized carbons (Fsp3) is 0.211. The first kappa shape index (κ1) is 18.2. The summed E-state index contributed by atoms with van der Waals surface area (Å²) in [7, 11) is 0. The van der Waals surface area contributed by atoms with Crippen LogP contribution in [0, 0.1) is 6.92 Å². The van der Waals surface area contributed by atoms with Gasteiger partial charge in [-0.25, -0.2) is 10.4 Å². The molecule has 4 rings (SSSR count). The van der Waals surface area contributed by atoms with Crippen LogP contribution in [0.1, 0.15) is 23.7 Å². The van der Waals surface area contributed by atoms with Gasteiger partial charge < -0.3 is 0 Å². The number of rotatable bonds is 2. The standard InChI is InChI=1S/C19H16F3N5O/c1-11-7-13(5-6-23-11)15-9-25-27-12(2)10-26(18(28)17(15)27)16-4-3-14(8-24-16)19(20,21)22/h3-8,10,25H,9H2,1-2H3. The number of fused-ring (bicyclic) bond motifs is 1. The van der Waals surface area contributed by atoms with E-state index in [1.54, 1.807) is 24.3 Å². The molecule has 9 heteroatoms. The van der Waals surface area contributed by atoms with Gasteiger partial charge in [-0.05, 0) is 43.7 Å². The quantitative estimate of drug-likeness (QED) is 0.857. The number of aryl methyl sites for hydroxylation is 1. The van der Waals surface area contributed by atoms with E-state index in [9.17, 15) is 18.0 Å². The zero-order valence-corrected chi connectivity index (χ0v) is 15.1. The van der Waals surface area contributed by atoms with Gasteiger partial charge in [0.2, 0.25) is 0 Å². The number of halogens is 3. The molecule has 4 heterocycles. The molecule has 0 spiro atoms. The van der Waals surface area contributed by atoms with Crippen LogP contribution in [0.3, 0.4) is 0 Å². The van der Waals surface area contributed by atoms with Crippen LogP contribution >= 0.6 is 0 Å². The molecule has 0 radical (unpaired) electrons. The molecule has 1 N–H and O–H groups in total. The van der Waals surface area contributed by atoms with E-state index in [1.165, 1.54) is 11.0 Å². The minimum atomic E-state index is -4.48. The summed E-state index contributed by atoms with van der Waals surface area (Å²) in [5.41, 5.74) is 5.92. The molecule has 0 bridgehead atoms. The number of hydrogen-bond donors (Lipinski definition) is 1. The second kappa shape index (κ2) is 6.45. The predicted octanol–water partition coefficient (Wildman–Crippen LogP) is 3.24. The molecule has 0 aromatic carbocycles. The number of pyridine rings is 2. The lowest BCUT2D eigenvalue weighted by Crippen LogP contribution is -2.43. The summed E-state index contributed by atoms with van der Waals surface area (Å²) in [6, 6.07) is 5.82. The number of hydrazine groups is 1. The van der Waals surface area contributed by atoms with Crippen LogP contribution in [0.25, 0.3) is 5.57 Å². The van der Waals surface area contributed by atoms with Crippen molar-refractivity contribution in [3.63, 3.8) is 0 Å². The Morgan fingerprint density at radius 3 is 2.57 bits per heavy atom. The number of carbonyl (C=O) groups is 1. The van der Waals surface area contributed by atoms with Crippen molar-refractivity contribution in [1.82, 2.24) is 20.4 Å². The fourth-order valence-electron chi connectivity index (χ4n) is 3.24. The Labute approximate surface area is 159 Å². The largest absolute Gasteiger partial charge is 0.417 e. The summed E-state index contributed by atoms with van der Waals surface area (Å²) in [5.74, 6) is -0.242. The molecular weight excluding hydrogens is 371 g/mol. The Morgan fingerprint density at radius 1 is 1.14 bits per heavy atom. The first-order chi connectivity index (χ1) is 13.3. The Kier molecular flexibility index (Phi) is 4.19. The maximum atomic E-state index is 13.2.